The molecule has 0 aliphatic rings. The van der Waals surface area contributed by atoms with Crippen molar-refractivity contribution in [2.45, 2.75) is 46.0 Å². The van der Waals surface area contributed by atoms with Gasteiger partial charge in [-0.3, -0.25) is 0 Å². The Morgan fingerprint density at radius 3 is 2.19 bits per heavy atom. The van der Waals surface area contributed by atoms with Crippen LogP contribution in [0.25, 0.3) is 11.3 Å². The molecule has 13 nitrogen and oxygen atoms in total. The minimum atomic E-state index is -1.31. The summed E-state index contributed by atoms with van der Waals surface area (Å²) in [4.78, 5) is 23.2. The number of carboxylic acids is 2. The molecule has 0 spiro atoms. The second kappa shape index (κ2) is 8.98. The van der Waals surface area contributed by atoms with Gasteiger partial charge in [0.05, 0.1) is 28.7 Å². The lowest BCUT2D eigenvalue weighted by Gasteiger charge is -2.15. The Morgan fingerprint density at radius 2 is 1.68 bits per heavy atom. The fourth-order valence-corrected chi connectivity index (χ4v) is 3.84. The van der Waals surface area contributed by atoms with Crippen molar-refractivity contribution in [1.29, 1.82) is 5.26 Å². The van der Waals surface area contributed by atoms with Crippen LogP contribution in [0.5, 0.6) is 0 Å². The molecule has 37 heavy (non-hydrogen) atoms. The van der Waals surface area contributed by atoms with Crippen LogP contribution in [0.4, 0.5) is 11.5 Å². The first-order valence-corrected chi connectivity index (χ1v) is 11.3. The van der Waals surface area contributed by atoms with Gasteiger partial charge in [0.25, 0.3) is 0 Å². The summed E-state index contributed by atoms with van der Waals surface area (Å²) in [6.07, 6.45) is 1.25. The van der Waals surface area contributed by atoms with E-state index < -0.39 is 17.4 Å². The van der Waals surface area contributed by atoms with E-state index in [-0.39, 0.29) is 34.1 Å². The Kier molecular flexibility index (Phi) is 6.12. The van der Waals surface area contributed by atoms with Gasteiger partial charge in [-0.05, 0) is 18.2 Å². The van der Waals surface area contributed by atoms with E-state index in [2.05, 4.69) is 20.4 Å². The highest BCUT2D eigenvalue weighted by atomic mass is 16.4. The van der Waals surface area contributed by atoms with Gasteiger partial charge in [0.1, 0.15) is 11.6 Å². The maximum absolute atomic E-state index is 11.6. The van der Waals surface area contributed by atoms with Gasteiger partial charge in [-0.15, -0.1) is 10.2 Å². The number of nitrogens with zero attached hydrogens (tertiary/aromatic N) is 9. The van der Waals surface area contributed by atoms with Gasteiger partial charge in [-0.25, -0.2) is 19.0 Å². The maximum Gasteiger partial charge on any atom is 0.335 e. The number of rotatable bonds is 6. The molecule has 0 radical (unpaired) electrons. The normalized spacial score (nSPS) is 12.1. The number of hydrogen-bond acceptors (Lipinski definition) is 8. The number of carbonyl (C=O) groups is 2. The van der Waals surface area contributed by atoms with Crippen LogP contribution in [-0.2, 0) is 12.5 Å². The lowest BCUT2D eigenvalue weighted by atomic mass is 9.91. The minimum Gasteiger partial charge on any atom is -0.478 e. The number of hydrogen-bond donors (Lipinski definition) is 2. The molecule has 3 aromatic heterocycles. The Bertz CT molecular complexity index is 1590. The molecule has 2 N–H and O–H groups in total. The summed E-state index contributed by atoms with van der Waals surface area (Å²) in [5.74, 6) is -1.77. The topological polar surface area (TPSA) is 176 Å². The fraction of sp³-hybridized carbons (Fsp3) is 0.333. The molecule has 190 valence electrons. The number of aryl methyl sites for hydroxylation is 1. The van der Waals surface area contributed by atoms with Crippen molar-refractivity contribution in [2.24, 2.45) is 17.3 Å². The van der Waals surface area contributed by atoms with Gasteiger partial charge in [-0.2, -0.15) is 25.1 Å². The monoisotopic (exact) mass is 503 g/mol. The maximum atomic E-state index is 11.6. The van der Waals surface area contributed by atoms with Gasteiger partial charge in [0.15, 0.2) is 23.0 Å². The number of aromatic carboxylic acids is 2. The zero-order valence-corrected chi connectivity index (χ0v) is 21.1. The molecule has 4 aromatic rings. The number of carboxylic acid groups (broad SMARTS) is 2. The molecular weight excluding hydrogens is 478 g/mol. The minimum absolute atomic E-state index is 0.00633. The molecule has 0 aliphatic heterocycles. The standard InChI is InChI=1S/C24H25N9O4/c1-12(2)19-30-31(6)21-17(18(24(3,4)5)29-33(19)21)27-28-20-15(10-25)11-26-32(20)16-8-13(22(34)35)7-14(9-16)23(36)37/h7-9,11-12H,1-6H3,(H,34,35)(H,36,37). The van der Waals surface area contributed by atoms with Crippen LogP contribution in [0.15, 0.2) is 34.6 Å². The summed E-state index contributed by atoms with van der Waals surface area (Å²) in [7, 11) is 1.78. The zero-order valence-electron chi connectivity index (χ0n) is 21.1. The van der Waals surface area contributed by atoms with Crippen LogP contribution in [0.1, 0.15) is 78.3 Å². The van der Waals surface area contributed by atoms with Crippen LogP contribution in [0, 0.1) is 11.3 Å². The third kappa shape index (κ3) is 4.44. The summed E-state index contributed by atoms with van der Waals surface area (Å²) in [6.45, 7) is 10.00. The number of nitriles is 1. The third-order valence-corrected chi connectivity index (χ3v) is 5.60. The Balaban J connectivity index is 1.94. The van der Waals surface area contributed by atoms with E-state index in [1.165, 1.54) is 23.0 Å². The fourth-order valence-electron chi connectivity index (χ4n) is 3.84. The molecule has 0 saturated carbocycles. The van der Waals surface area contributed by atoms with Gasteiger partial charge >= 0.3 is 11.9 Å². The van der Waals surface area contributed by atoms with E-state index in [9.17, 15) is 25.1 Å². The van der Waals surface area contributed by atoms with E-state index in [1.54, 1.807) is 16.2 Å². The molecule has 0 saturated heterocycles. The zero-order chi connectivity index (χ0) is 27.2. The van der Waals surface area contributed by atoms with E-state index in [1.807, 2.05) is 40.7 Å². The van der Waals surface area contributed by atoms with Crippen molar-refractivity contribution in [3.63, 3.8) is 0 Å². The van der Waals surface area contributed by atoms with Gasteiger partial charge in [0.2, 0.25) is 0 Å². The molecule has 0 aliphatic carbocycles. The number of benzene rings is 1. The van der Waals surface area contributed by atoms with E-state index in [4.69, 9.17) is 5.10 Å². The highest BCUT2D eigenvalue weighted by Crippen LogP contribution is 2.37. The van der Waals surface area contributed by atoms with Crippen LogP contribution in [0.3, 0.4) is 0 Å². The summed E-state index contributed by atoms with van der Waals surface area (Å²) in [5, 5.41) is 50.9. The Labute approximate surface area is 211 Å². The van der Waals surface area contributed by atoms with Crippen molar-refractivity contribution in [2.75, 3.05) is 0 Å². The van der Waals surface area contributed by atoms with Crippen LogP contribution in [0.2, 0.25) is 0 Å². The van der Waals surface area contributed by atoms with Crippen molar-refractivity contribution < 1.29 is 19.8 Å². The highest BCUT2D eigenvalue weighted by Gasteiger charge is 2.29. The molecule has 13 heteroatoms. The first-order chi connectivity index (χ1) is 17.3. The first-order valence-electron chi connectivity index (χ1n) is 11.3. The average molecular weight is 504 g/mol. The molecule has 0 atom stereocenters. The van der Waals surface area contributed by atoms with Gasteiger partial charge < -0.3 is 10.2 Å². The summed E-state index contributed by atoms with van der Waals surface area (Å²) < 4.78 is 4.59. The van der Waals surface area contributed by atoms with Crippen molar-refractivity contribution >= 4 is 29.1 Å². The molecular formula is C24H25N9O4. The van der Waals surface area contributed by atoms with Gasteiger partial charge in [-0.1, -0.05) is 34.6 Å². The number of aromatic nitrogens is 6. The SMILES string of the molecule is CC(C)c1nn(C)c2c(N=Nc3c(C#N)cnn3-c3cc(C(=O)O)cc(C(=O)O)c3)c(C(C)(C)C)nn12. The van der Waals surface area contributed by atoms with E-state index in [0.717, 1.165) is 11.9 Å². The van der Waals surface area contributed by atoms with Crippen molar-refractivity contribution in [3.8, 4) is 11.8 Å². The molecule has 3 heterocycles. The predicted octanol–water partition coefficient (Wildman–Crippen LogP) is 4.36. The lowest BCUT2D eigenvalue weighted by Crippen LogP contribution is -2.13. The number of fused-ring (bicyclic) bond motifs is 1. The average Bonchev–Trinajstić information content (AvgIpc) is 3.49. The molecule has 0 unspecified atom stereocenters. The Hall–Kier alpha value is -4.86. The van der Waals surface area contributed by atoms with Crippen LogP contribution in [-0.4, -0.2) is 51.3 Å². The van der Waals surface area contributed by atoms with E-state index in [0.29, 0.717) is 17.0 Å². The summed E-state index contributed by atoms with van der Waals surface area (Å²) in [5.41, 5.74) is 0.990. The second-order valence-electron chi connectivity index (χ2n) is 9.80. The van der Waals surface area contributed by atoms with Crippen molar-refractivity contribution in [3.05, 3.63) is 52.6 Å². The lowest BCUT2D eigenvalue weighted by molar-refractivity contribution is 0.0696. The van der Waals surface area contributed by atoms with Gasteiger partial charge in [0, 0.05) is 18.4 Å². The summed E-state index contributed by atoms with van der Waals surface area (Å²) >= 11 is 0. The highest BCUT2D eigenvalue weighted by molar-refractivity contribution is 5.94. The van der Waals surface area contributed by atoms with Crippen molar-refractivity contribution in [1.82, 2.24) is 29.2 Å². The molecule has 0 amide bonds. The first kappa shape index (κ1) is 25.2. The molecule has 1 aromatic carbocycles. The largest absolute Gasteiger partial charge is 0.478 e. The van der Waals surface area contributed by atoms with Crippen LogP contribution >= 0.6 is 0 Å². The molecule has 4 rings (SSSR count). The van der Waals surface area contributed by atoms with E-state index >= 15 is 0 Å². The third-order valence-electron chi connectivity index (χ3n) is 5.60. The number of azo groups is 1. The smallest absolute Gasteiger partial charge is 0.335 e. The molecule has 0 bridgehead atoms. The predicted molar refractivity (Wildman–Crippen MR) is 131 cm³/mol. The molecule has 0 fully saturated rings. The summed E-state index contributed by atoms with van der Waals surface area (Å²) in [6, 6.07) is 5.53. The quantitative estimate of drug-likeness (QED) is 0.365. The second-order valence-corrected chi connectivity index (χ2v) is 9.80. The Morgan fingerprint density at radius 1 is 1.05 bits per heavy atom. The van der Waals surface area contributed by atoms with Crippen LogP contribution < -0.4 is 0 Å².